The molecule has 6 heteroatoms. The molecule has 0 radical (unpaired) electrons. The highest BCUT2D eigenvalue weighted by atomic mass is 16.5. The molecule has 1 aromatic heterocycles. The molecule has 25 heavy (non-hydrogen) atoms. The molecule has 3 aromatic rings. The summed E-state index contributed by atoms with van der Waals surface area (Å²) in [6.07, 6.45) is 1.61. The van der Waals surface area contributed by atoms with Crippen LogP contribution < -0.4 is 15.4 Å². The first-order valence-corrected chi connectivity index (χ1v) is 7.63. The van der Waals surface area contributed by atoms with Gasteiger partial charge in [-0.2, -0.15) is 0 Å². The molecule has 0 saturated carbocycles. The Morgan fingerprint density at radius 1 is 1.04 bits per heavy atom. The first-order chi connectivity index (χ1) is 12.2. The number of phenols is 1. The summed E-state index contributed by atoms with van der Waals surface area (Å²) in [5, 5.41) is 15.2. The van der Waals surface area contributed by atoms with Crippen molar-refractivity contribution in [2.45, 2.75) is 0 Å². The predicted molar refractivity (Wildman–Crippen MR) is 96.6 cm³/mol. The van der Waals surface area contributed by atoms with Gasteiger partial charge in [0.15, 0.2) is 0 Å². The van der Waals surface area contributed by atoms with Crippen molar-refractivity contribution in [2.75, 3.05) is 17.7 Å². The molecule has 0 aliphatic heterocycles. The number of hydrogen-bond donors (Lipinski definition) is 3. The van der Waals surface area contributed by atoms with Gasteiger partial charge in [0.1, 0.15) is 17.3 Å². The Balaban J connectivity index is 1.85. The van der Waals surface area contributed by atoms with Crippen LogP contribution in [0.4, 0.5) is 17.2 Å². The molecule has 0 aliphatic rings. The Bertz CT molecular complexity index is 879. The van der Waals surface area contributed by atoms with Crippen LogP contribution in [0.25, 0.3) is 0 Å². The molecule has 126 valence electrons. The van der Waals surface area contributed by atoms with E-state index >= 15 is 0 Å². The number of hydrogen-bond acceptors (Lipinski definition) is 5. The molecule has 0 unspecified atom stereocenters. The van der Waals surface area contributed by atoms with Crippen molar-refractivity contribution < 1.29 is 14.6 Å². The summed E-state index contributed by atoms with van der Waals surface area (Å²) in [6.45, 7) is 0. The SMILES string of the molecule is COc1ccccc1Nc1ncccc1C(=O)Nc1ccc(O)cc1. The van der Waals surface area contributed by atoms with Gasteiger partial charge in [-0.05, 0) is 48.5 Å². The Kier molecular flexibility index (Phi) is 4.80. The number of para-hydroxylation sites is 2. The number of aromatic nitrogens is 1. The van der Waals surface area contributed by atoms with Crippen molar-refractivity contribution in [1.29, 1.82) is 0 Å². The first kappa shape index (κ1) is 16.3. The van der Waals surface area contributed by atoms with Gasteiger partial charge in [-0.1, -0.05) is 12.1 Å². The van der Waals surface area contributed by atoms with Gasteiger partial charge in [0, 0.05) is 11.9 Å². The molecule has 3 rings (SSSR count). The molecular weight excluding hydrogens is 318 g/mol. The van der Waals surface area contributed by atoms with E-state index in [1.54, 1.807) is 37.6 Å². The number of aromatic hydroxyl groups is 1. The Labute approximate surface area is 145 Å². The number of rotatable bonds is 5. The number of anilines is 3. The minimum Gasteiger partial charge on any atom is -0.508 e. The highest BCUT2D eigenvalue weighted by Gasteiger charge is 2.14. The van der Waals surface area contributed by atoms with E-state index in [2.05, 4.69) is 15.6 Å². The second-order valence-electron chi connectivity index (χ2n) is 5.23. The summed E-state index contributed by atoms with van der Waals surface area (Å²) < 4.78 is 5.31. The van der Waals surface area contributed by atoms with E-state index in [9.17, 15) is 9.90 Å². The van der Waals surface area contributed by atoms with Crippen LogP contribution in [0.5, 0.6) is 11.5 Å². The maximum absolute atomic E-state index is 12.6. The predicted octanol–water partition coefficient (Wildman–Crippen LogP) is 3.79. The van der Waals surface area contributed by atoms with Crippen LogP contribution in [-0.2, 0) is 0 Å². The van der Waals surface area contributed by atoms with Crippen LogP contribution in [0.15, 0.2) is 66.9 Å². The summed E-state index contributed by atoms with van der Waals surface area (Å²) >= 11 is 0. The second kappa shape index (κ2) is 7.35. The van der Waals surface area contributed by atoms with E-state index in [0.29, 0.717) is 28.5 Å². The minimum atomic E-state index is -0.309. The van der Waals surface area contributed by atoms with E-state index in [1.807, 2.05) is 24.3 Å². The lowest BCUT2D eigenvalue weighted by molar-refractivity contribution is 0.102. The van der Waals surface area contributed by atoms with Gasteiger partial charge in [0.2, 0.25) is 0 Å². The third-order valence-corrected chi connectivity index (χ3v) is 3.54. The van der Waals surface area contributed by atoms with E-state index in [0.717, 1.165) is 0 Å². The molecule has 0 bridgehead atoms. The highest BCUT2D eigenvalue weighted by molar-refractivity contribution is 6.07. The van der Waals surface area contributed by atoms with Gasteiger partial charge in [-0.3, -0.25) is 4.79 Å². The van der Waals surface area contributed by atoms with Crippen LogP contribution in [-0.4, -0.2) is 23.1 Å². The van der Waals surface area contributed by atoms with Crippen LogP contribution in [0.1, 0.15) is 10.4 Å². The van der Waals surface area contributed by atoms with Crippen molar-refractivity contribution in [2.24, 2.45) is 0 Å². The van der Waals surface area contributed by atoms with E-state index < -0.39 is 0 Å². The topological polar surface area (TPSA) is 83.5 Å². The zero-order valence-corrected chi connectivity index (χ0v) is 13.6. The smallest absolute Gasteiger partial charge is 0.259 e. The Morgan fingerprint density at radius 2 is 1.80 bits per heavy atom. The number of nitrogens with one attached hydrogen (secondary N) is 2. The number of phenolic OH excluding ortho intramolecular Hbond substituents is 1. The zero-order chi connectivity index (χ0) is 17.6. The second-order valence-corrected chi connectivity index (χ2v) is 5.23. The fourth-order valence-electron chi connectivity index (χ4n) is 2.31. The van der Waals surface area contributed by atoms with Crippen LogP contribution >= 0.6 is 0 Å². The number of amides is 1. The maximum Gasteiger partial charge on any atom is 0.259 e. The fourth-order valence-corrected chi connectivity index (χ4v) is 2.31. The summed E-state index contributed by atoms with van der Waals surface area (Å²) in [5.74, 6) is 0.899. The largest absolute Gasteiger partial charge is 0.508 e. The molecule has 3 N–H and O–H groups in total. The van der Waals surface area contributed by atoms with Crippen LogP contribution in [0.2, 0.25) is 0 Å². The van der Waals surface area contributed by atoms with E-state index in [-0.39, 0.29) is 11.7 Å². The monoisotopic (exact) mass is 335 g/mol. The molecule has 0 aliphatic carbocycles. The van der Waals surface area contributed by atoms with E-state index in [4.69, 9.17) is 4.74 Å². The summed E-state index contributed by atoms with van der Waals surface area (Å²) in [6, 6.07) is 17.0. The number of carbonyl (C=O) groups excluding carboxylic acids is 1. The molecule has 1 heterocycles. The lowest BCUT2D eigenvalue weighted by atomic mass is 10.2. The third-order valence-electron chi connectivity index (χ3n) is 3.54. The van der Waals surface area contributed by atoms with Crippen LogP contribution in [0, 0.1) is 0 Å². The standard InChI is InChI=1S/C19H17N3O3/c1-25-17-7-3-2-6-16(17)22-18-15(5-4-12-20-18)19(24)21-13-8-10-14(23)11-9-13/h2-12,23H,1H3,(H,20,22)(H,21,24). The minimum absolute atomic E-state index is 0.137. The average Bonchev–Trinajstić information content (AvgIpc) is 2.64. The number of methoxy groups -OCH3 is 1. The molecule has 0 atom stereocenters. The van der Waals surface area contributed by atoms with Crippen molar-refractivity contribution in [1.82, 2.24) is 4.98 Å². The fraction of sp³-hybridized carbons (Fsp3) is 0.0526. The number of carbonyl (C=O) groups is 1. The van der Waals surface area contributed by atoms with Crippen molar-refractivity contribution in [3.63, 3.8) is 0 Å². The molecule has 2 aromatic carbocycles. The number of pyridine rings is 1. The molecule has 6 nitrogen and oxygen atoms in total. The van der Waals surface area contributed by atoms with Gasteiger partial charge >= 0.3 is 0 Å². The Hall–Kier alpha value is -3.54. The first-order valence-electron chi connectivity index (χ1n) is 7.63. The van der Waals surface area contributed by atoms with Gasteiger partial charge in [0.05, 0.1) is 18.4 Å². The third kappa shape index (κ3) is 3.87. The highest BCUT2D eigenvalue weighted by Crippen LogP contribution is 2.28. The molecular formula is C19H17N3O3. The van der Waals surface area contributed by atoms with Crippen LogP contribution in [0.3, 0.4) is 0 Å². The molecule has 0 spiro atoms. The lowest BCUT2D eigenvalue weighted by Gasteiger charge is -2.13. The normalized spacial score (nSPS) is 10.1. The molecule has 1 amide bonds. The summed E-state index contributed by atoms with van der Waals surface area (Å²) in [5.41, 5.74) is 1.68. The number of nitrogens with zero attached hydrogens (tertiary/aromatic N) is 1. The lowest BCUT2D eigenvalue weighted by Crippen LogP contribution is -2.14. The number of ether oxygens (including phenoxy) is 1. The quantitative estimate of drug-likeness (QED) is 0.618. The molecule has 0 saturated heterocycles. The zero-order valence-electron chi connectivity index (χ0n) is 13.6. The summed E-state index contributed by atoms with van der Waals surface area (Å²) in [4.78, 5) is 16.8. The van der Waals surface area contributed by atoms with Gasteiger partial charge < -0.3 is 20.5 Å². The Morgan fingerprint density at radius 3 is 2.56 bits per heavy atom. The molecule has 0 fully saturated rings. The van der Waals surface area contributed by atoms with Crippen molar-refractivity contribution >= 4 is 23.1 Å². The van der Waals surface area contributed by atoms with Crippen molar-refractivity contribution in [3.8, 4) is 11.5 Å². The van der Waals surface area contributed by atoms with Gasteiger partial charge in [-0.25, -0.2) is 4.98 Å². The van der Waals surface area contributed by atoms with Crippen molar-refractivity contribution in [3.05, 3.63) is 72.4 Å². The average molecular weight is 335 g/mol. The maximum atomic E-state index is 12.6. The summed E-state index contributed by atoms with van der Waals surface area (Å²) in [7, 11) is 1.58. The van der Waals surface area contributed by atoms with Gasteiger partial charge in [0.25, 0.3) is 5.91 Å². The van der Waals surface area contributed by atoms with Gasteiger partial charge in [-0.15, -0.1) is 0 Å². The number of benzene rings is 2. The van der Waals surface area contributed by atoms with E-state index in [1.165, 1.54) is 12.1 Å².